The number of halogens is 2. The van der Waals surface area contributed by atoms with E-state index in [0.29, 0.717) is 5.56 Å². The molecule has 0 atom stereocenters. The van der Waals surface area contributed by atoms with Crippen LogP contribution in [0.15, 0.2) is 18.2 Å². The van der Waals surface area contributed by atoms with E-state index in [1.54, 1.807) is 0 Å². The molecule has 0 fully saturated rings. The fraction of sp³-hybridized carbons (Fsp3) is 0.143. The van der Waals surface area contributed by atoms with E-state index in [9.17, 15) is 8.78 Å². The first kappa shape index (κ1) is 7.40. The lowest BCUT2D eigenvalue weighted by Crippen LogP contribution is -1.90. The molecule has 0 aliphatic heterocycles. The lowest BCUT2D eigenvalue weighted by Gasteiger charge is -1.96. The van der Waals surface area contributed by atoms with Gasteiger partial charge in [0, 0.05) is 16.3 Å². The maximum absolute atomic E-state index is 12.6. The summed E-state index contributed by atoms with van der Waals surface area (Å²) in [5.74, 6) is -0.925. The Hall–Kier alpha value is -0.703. The molecule has 0 aliphatic rings. The van der Waals surface area contributed by atoms with Crippen LogP contribution in [-0.4, -0.2) is 10.2 Å². The second-order valence-corrected chi connectivity index (χ2v) is 2.80. The summed E-state index contributed by atoms with van der Waals surface area (Å²) >= 11 is 0. The molecule has 0 nitrogen and oxygen atoms in total. The van der Waals surface area contributed by atoms with Gasteiger partial charge in [-0.2, -0.15) is 0 Å². The summed E-state index contributed by atoms with van der Waals surface area (Å²) in [5.41, 5.74) is 0.619. The summed E-state index contributed by atoms with van der Waals surface area (Å²) in [6.45, 7) is 0. The van der Waals surface area contributed by atoms with Gasteiger partial charge in [0.15, 0.2) is 0 Å². The van der Waals surface area contributed by atoms with Gasteiger partial charge in [-0.1, -0.05) is 6.07 Å². The summed E-state index contributed by atoms with van der Waals surface area (Å²) in [6, 6.07) is 4.45. The Morgan fingerprint density at radius 3 is 2.50 bits per heavy atom. The number of hydrogen-bond donors (Lipinski definition) is 0. The molecular weight excluding hydrogens is 150 g/mol. The second-order valence-electron chi connectivity index (χ2n) is 2.09. The van der Waals surface area contributed by atoms with E-state index >= 15 is 0 Å². The Labute approximate surface area is 61.3 Å². The van der Waals surface area contributed by atoms with Crippen molar-refractivity contribution in [3.63, 3.8) is 0 Å². The van der Waals surface area contributed by atoms with Crippen molar-refractivity contribution in [1.29, 1.82) is 0 Å². The largest absolute Gasteiger partial charge is 0.207 e. The third kappa shape index (κ3) is 1.42. The summed E-state index contributed by atoms with van der Waals surface area (Å²) in [6.07, 6.45) is 0. The average molecular weight is 158 g/mol. The lowest BCUT2D eigenvalue weighted by atomic mass is 10.2. The molecule has 1 aromatic carbocycles. The molecule has 1 rings (SSSR count). The molecule has 0 aromatic heterocycles. The van der Waals surface area contributed by atoms with Gasteiger partial charge in [0.05, 0.1) is 0 Å². The van der Waals surface area contributed by atoms with Crippen molar-refractivity contribution in [3.8, 4) is 0 Å². The summed E-state index contributed by atoms with van der Waals surface area (Å²) in [4.78, 5) is 0. The van der Waals surface area contributed by atoms with Crippen LogP contribution in [0.4, 0.5) is 8.78 Å². The predicted octanol–water partition coefficient (Wildman–Crippen LogP) is 0.830. The first-order valence-corrected chi connectivity index (χ1v) is 4.59. The second kappa shape index (κ2) is 2.92. The van der Waals surface area contributed by atoms with Gasteiger partial charge in [0.25, 0.3) is 0 Å². The van der Waals surface area contributed by atoms with Gasteiger partial charge in [-0.05, 0) is 17.7 Å². The van der Waals surface area contributed by atoms with E-state index in [1.807, 2.05) is 0 Å². The summed E-state index contributed by atoms with van der Waals surface area (Å²) in [5, 5.41) is 0. The van der Waals surface area contributed by atoms with Crippen molar-refractivity contribution >= 4 is 10.2 Å². The van der Waals surface area contributed by atoms with Crippen molar-refractivity contribution in [2.75, 3.05) is 0 Å². The third-order valence-corrected chi connectivity index (χ3v) is 2.16. The smallest absolute Gasteiger partial charge is 0.128 e. The zero-order valence-electron chi connectivity index (χ0n) is 5.70. The highest BCUT2D eigenvalue weighted by Crippen LogP contribution is 2.08. The molecule has 0 radical (unpaired) electrons. The van der Waals surface area contributed by atoms with Crippen LogP contribution in [-0.2, 0) is 6.04 Å². The molecule has 0 bridgehead atoms. The zero-order valence-corrected chi connectivity index (χ0v) is 7.70. The van der Waals surface area contributed by atoms with Crippen LogP contribution < -0.4 is 0 Å². The molecule has 10 heavy (non-hydrogen) atoms. The Morgan fingerprint density at radius 2 is 2.00 bits per heavy atom. The number of benzene rings is 1. The molecule has 0 aliphatic carbocycles. The Bertz CT molecular complexity index is 235. The zero-order chi connectivity index (χ0) is 7.56. The third-order valence-electron chi connectivity index (χ3n) is 1.40. The standard InChI is InChI=1S/C7H8F2Si/c8-6-2-1-5(4-10)7(9)3-6/h1-3H,4H2,10H3. The van der Waals surface area contributed by atoms with Crippen molar-refractivity contribution in [2.24, 2.45) is 0 Å². The van der Waals surface area contributed by atoms with E-state index in [1.165, 1.54) is 12.1 Å². The highest BCUT2D eigenvalue weighted by Gasteiger charge is 1.99. The van der Waals surface area contributed by atoms with Crippen LogP contribution in [0.3, 0.4) is 0 Å². The topological polar surface area (TPSA) is 0 Å². The Balaban J connectivity index is 3.07. The normalized spacial score (nSPS) is 10.2. The minimum Gasteiger partial charge on any atom is -0.207 e. The van der Waals surface area contributed by atoms with Crippen molar-refractivity contribution in [1.82, 2.24) is 0 Å². The maximum Gasteiger partial charge on any atom is 0.128 e. The maximum atomic E-state index is 12.6. The molecule has 0 saturated carbocycles. The van der Waals surface area contributed by atoms with Gasteiger partial charge in [0.1, 0.15) is 11.6 Å². The molecule has 0 saturated heterocycles. The molecule has 1 aromatic rings. The molecule has 3 heteroatoms. The molecule has 0 N–H and O–H groups in total. The van der Waals surface area contributed by atoms with Crippen LogP contribution in [0.5, 0.6) is 0 Å². The average Bonchev–Trinajstić information content (AvgIpc) is 1.88. The van der Waals surface area contributed by atoms with E-state index < -0.39 is 11.6 Å². The molecule has 54 valence electrons. The van der Waals surface area contributed by atoms with E-state index in [-0.39, 0.29) is 0 Å². The first-order chi connectivity index (χ1) is 4.74. The van der Waals surface area contributed by atoms with Crippen molar-refractivity contribution in [3.05, 3.63) is 35.4 Å². The van der Waals surface area contributed by atoms with Gasteiger partial charge >= 0.3 is 0 Å². The van der Waals surface area contributed by atoms with Crippen LogP contribution in [0.2, 0.25) is 0 Å². The van der Waals surface area contributed by atoms with Crippen molar-refractivity contribution in [2.45, 2.75) is 6.04 Å². The fourth-order valence-corrected chi connectivity index (χ4v) is 1.38. The number of hydrogen-bond acceptors (Lipinski definition) is 0. The van der Waals surface area contributed by atoms with Gasteiger partial charge in [0.2, 0.25) is 0 Å². The van der Waals surface area contributed by atoms with Crippen LogP contribution >= 0.6 is 0 Å². The SMILES string of the molecule is Fc1ccc(C[SiH3])c(F)c1. The Morgan fingerprint density at radius 1 is 1.30 bits per heavy atom. The van der Waals surface area contributed by atoms with Crippen LogP contribution in [0.25, 0.3) is 0 Å². The minimum atomic E-state index is -0.503. The van der Waals surface area contributed by atoms with Crippen LogP contribution in [0, 0.1) is 11.6 Å². The predicted molar refractivity (Wildman–Crippen MR) is 40.0 cm³/mol. The van der Waals surface area contributed by atoms with Gasteiger partial charge in [-0.3, -0.25) is 0 Å². The molecule has 0 unspecified atom stereocenters. The summed E-state index contributed by atoms with van der Waals surface area (Å²) < 4.78 is 24.9. The highest BCUT2D eigenvalue weighted by molar-refractivity contribution is 6.08. The minimum absolute atomic E-state index is 0.421. The van der Waals surface area contributed by atoms with E-state index in [2.05, 4.69) is 0 Å². The van der Waals surface area contributed by atoms with Gasteiger partial charge in [-0.25, -0.2) is 8.78 Å². The highest BCUT2D eigenvalue weighted by atomic mass is 28.1. The quantitative estimate of drug-likeness (QED) is 0.531. The molecule has 0 heterocycles. The van der Waals surface area contributed by atoms with Gasteiger partial charge in [-0.15, -0.1) is 0 Å². The summed E-state index contributed by atoms with van der Waals surface area (Å²) in [7, 11) is 0.911. The monoisotopic (exact) mass is 158 g/mol. The molecular formula is C7H8F2Si. The Kier molecular flexibility index (Phi) is 2.16. The van der Waals surface area contributed by atoms with Crippen molar-refractivity contribution < 1.29 is 8.78 Å². The fourth-order valence-electron chi connectivity index (χ4n) is 0.808. The van der Waals surface area contributed by atoms with Crippen LogP contribution in [0.1, 0.15) is 5.56 Å². The number of rotatable bonds is 1. The molecule has 0 amide bonds. The molecule has 0 spiro atoms. The lowest BCUT2D eigenvalue weighted by molar-refractivity contribution is 0.576. The first-order valence-electron chi connectivity index (χ1n) is 3.18. The van der Waals surface area contributed by atoms with E-state index in [4.69, 9.17) is 0 Å². The van der Waals surface area contributed by atoms with E-state index in [0.717, 1.165) is 22.4 Å². The van der Waals surface area contributed by atoms with Gasteiger partial charge < -0.3 is 0 Å².